The molecule has 1 unspecified atom stereocenters. The van der Waals surface area contributed by atoms with Gasteiger partial charge in [-0.05, 0) is 68.7 Å². The minimum atomic E-state index is -0.632. The first-order chi connectivity index (χ1) is 11.8. The number of rotatable bonds is 3. The summed E-state index contributed by atoms with van der Waals surface area (Å²) >= 11 is 6.22. The van der Waals surface area contributed by atoms with Crippen molar-refractivity contribution < 1.29 is 14.6 Å². The molecule has 136 valence electrons. The van der Waals surface area contributed by atoms with Gasteiger partial charge in [-0.25, -0.2) is 0 Å². The molecule has 0 aromatic heterocycles. The van der Waals surface area contributed by atoms with E-state index < -0.39 is 5.60 Å². The number of halogens is 1. The maximum Gasteiger partial charge on any atom is 0.225 e. The maximum absolute atomic E-state index is 12.5. The van der Waals surface area contributed by atoms with Crippen LogP contribution in [0.1, 0.15) is 50.5 Å². The lowest BCUT2D eigenvalue weighted by atomic mass is 9.69. The lowest BCUT2D eigenvalue weighted by Gasteiger charge is -2.52. The number of hydrogen-bond donors (Lipinski definition) is 1. The van der Waals surface area contributed by atoms with E-state index in [2.05, 4.69) is 6.07 Å². The fourth-order valence-electron chi connectivity index (χ4n) is 5.07. The largest absolute Gasteiger partial charge is 0.497 e. The van der Waals surface area contributed by atoms with Gasteiger partial charge >= 0.3 is 0 Å². The van der Waals surface area contributed by atoms with Gasteiger partial charge in [-0.1, -0.05) is 11.6 Å². The topological polar surface area (TPSA) is 49.8 Å². The third-order valence-corrected chi connectivity index (χ3v) is 6.61. The Hall–Kier alpha value is -1.26. The van der Waals surface area contributed by atoms with Crippen molar-refractivity contribution in [2.75, 3.05) is 20.2 Å². The number of hydrogen-bond acceptors (Lipinski definition) is 3. The molecule has 5 heteroatoms. The molecule has 1 spiro atoms. The highest BCUT2D eigenvalue weighted by atomic mass is 35.5. The van der Waals surface area contributed by atoms with E-state index in [1.54, 1.807) is 7.11 Å². The van der Waals surface area contributed by atoms with Gasteiger partial charge in [-0.2, -0.15) is 0 Å². The van der Waals surface area contributed by atoms with Crippen LogP contribution in [0.4, 0.5) is 0 Å². The van der Waals surface area contributed by atoms with E-state index in [9.17, 15) is 9.90 Å². The first kappa shape index (κ1) is 17.2. The zero-order chi connectivity index (χ0) is 17.8. The molecule has 0 bridgehead atoms. The third-order valence-electron chi connectivity index (χ3n) is 6.39. The van der Waals surface area contributed by atoms with Crippen molar-refractivity contribution in [1.82, 2.24) is 4.90 Å². The van der Waals surface area contributed by atoms with E-state index in [0.717, 1.165) is 36.7 Å². The number of nitrogens with zero attached hydrogens (tertiary/aromatic N) is 1. The van der Waals surface area contributed by atoms with Gasteiger partial charge in [0.25, 0.3) is 0 Å². The summed E-state index contributed by atoms with van der Waals surface area (Å²) in [6.45, 7) is 3.56. The highest BCUT2D eigenvalue weighted by Gasteiger charge is 2.53. The molecule has 1 aliphatic heterocycles. The number of likely N-dealkylation sites (tertiary alicyclic amines) is 1. The summed E-state index contributed by atoms with van der Waals surface area (Å²) in [5.41, 5.74) is 0.899. The molecule has 2 saturated carbocycles. The van der Waals surface area contributed by atoms with Gasteiger partial charge in [0, 0.05) is 29.4 Å². The average molecular weight is 364 g/mol. The van der Waals surface area contributed by atoms with Crippen LogP contribution in [0.15, 0.2) is 18.2 Å². The van der Waals surface area contributed by atoms with Crippen molar-refractivity contribution in [2.45, 2.75) is 50.5 Å². The Kier molecular flexibility index (Phi) is 4.04. The van der Waals surface area contributed by atoms with E-state index in [-0.39, 0.29) is 17.2 Å². The van der Waals surface area contributed by atoms with Crippen LogP contribution in [-0.2, 0) is 4.79 Å². The number of aliphatic hydroxyl groups is 1. The van der Waals surface area contributed by atoms with Crippen LogP contribution in [0.5, 0.6) is 5.75 Å². The second-order valence-electron chi connectivity index (χ2n) is 8.66. The van der Waals surface area contributed by atoms with Crippen LogP contribution in [0.25, 0.3) is 0 Å². The number of carbonyl (C=O) groups excluding carboxylic acids is 1. The molecular formula is C20H26ClNO3. The summed E-state index contributed by atoms with van der Waals surface area (Å²) < 4.78 is 5.34. The fraction of sp³-hybridized carbons (Fsp3) is 0.650. The minimum absolute atomic E-state index is 0.0294. The molecule has 0 radical (unpaired) electrons. The zero-order valence-corrected chi connectivity index (χ0v) is 15.7. The second-order valence-corrected chi connectivity index (χ2v) is 9.10. The number of benzene rings is 1. The number of methoxy groups -OCH3 is 1. The van der Waals surface area contributed by atoms with E-state index >= 15 is 0 Å². The first-order valence-electron chi connectivity index (χ1n) is 9.15. The molecule has 4 rings (SSSR count). The van der Waals surface area contributed by atoms with Crippen LogP contribution >= 0.6 is 11.6 Å². The van der Waals surface area contributed by atoms with Gasteiger partial charge in [-0.15, -0.1) is 0 Å². The van der Waals surface area contributed by atoms with Gasteiger partial charge < -0.3 is 14.7 Å². The van der Waals surface area contributed by atoms with E-state index in [1.807, 2.05) is 24.0 Å². The van der Waals surface area contributed by atoms with Gasteiger partial charge in [-0.3, -0.25) is 4.79 Å². The van der Waals surface area contributed by atoms with Gasteiger partial charge in [0.1, 0.15) is 5.75 Å². The SMILES string of the molecule is COc1cc(Cl)cc(C2CCC3(C2)CN(C(=O)[C@H]2C[C@@](C)(O)C2)C3)c1. The smallest absolute Gasteiger partial charge is 0.225 e. The minimum Gasteiger partial charge on any atom is -0.497 e. The summed E-state index contributed by atoms with van der Waals surface area (Å²) in [5.74, 6) is 1.58. The molecule has 1 saturated heterocycles. The Morgan fingerprint density at radius 2 is 2.00 bits per heavy atom. The van der Waals surface area contributed by atoms with Crippen LogP contribution in [0, 0.1) is 11.3 Å². The van der Waals surface area contributed by atoms with Crippen molar-refractivity contribution in [2.24, 2.45) is 11.3 Å². The predicted octanol–water partition coefficient (Wildman–Crippen LogP) is 3.61. The Bertz CT molecular complexity index is 688. The van der Waals surface area contributed by atoms with Crippen LogP contribution < -0.4 is 4.74 Å². The number of amides is 1. The van der Waals surface area contributed by atoms with Gasteiger partial charge in [0.05, 0.1) is 12.7 Å². The second kappa shape index (κ2) is 5.88. The summed E-state index contributed by atoms with van der Waals surface area (Å²) in [7, 11) is 1.67. The summed E-state index contributed by atoms with van der Waals surface area (Å²) in [5, 5.41) is 10.6. The average Bonchev–Trinajstić information content (AvgIpc) is 2.95. The van der Waals surface area contributed by atoms with E-state index in [4.69, 9.17) is 16.3 Å². The predicted molar refractivity (Wildman–Crippen MR) is 97.0 cm³/mol. The molecule has 1 heterocycles. The maximum atomic E-state index is 12.5. The van der Waals surface area contributed by atoms with Gasteiger partial charge in [0.15, 0.2) is 0 Å². The highest BCUT2D eigenvalue weighted by Crippen LogP contribution is 2.53. The third kappa shape index (κ3) is 3.15. The summed E-state index contributed by atoms with van der Waals surface area (Å²) in [6.07, 6.45) is 4.64. The molecule has 25 heavy (non-hydrogen) atoms. The molecule has 3 aliphatic rings. The Morgan fingerprint density at radius 1 is 1.28 bits per heavy atom. The lowest BCUT2D eigenvalue weighted by molar-refractivity contribution is -0.161. The number of ether oxygens (including phenoxy) is 1. The monoisotopic (exact) mass is 363 g/mol. The molecule has 3 fully saturated rings. The van der Waals surface area contributed by atoms with E-state index in [0.29, 0.717) is 18.8 Å². The summed E-state index contributed by atoms with van der Waals surface area (Å²) in [6, 6.07) is 5.98. The molecule has 1 aromatic carbocycles. The Labute approximate surface area is 154 Å². The normalized spacial score (nSPS) is 33.0. The Morgan fingerprint density at radius 3 is 2.64 bits per heavy atom. The first-order valence-corrected chi connectivity index (χ1v) is 9.53. The van der Waals surface area contributed by atoms with Crippen LogP contribution in [0.3, 0.4) is 0 Å². The van der Waals surface area contributed by atoms with Crippen LogP contribution in [-0.4, -0.2) is 41.7 Å². The number of carbonyl (C=O) groups is 1. The quantitative estimate of drug-likeness (QED) is 0.892. The highest BCUT2D eigenvalue weighted by molar-refractivity contribution is 6.30. The van der Waals surface area contributed by atoms with Crippen LogP contribution in [0.2, 0.25) is 5.02 Å². The molecule has 1 N–H and O–H groups in total. The zero-order valence-electron chi connectivity index (χ0n) is 14.9. The fourth-order valence-corrected chi connectivity index (χ4v) is 5.30. The van der Waals surface area contributed by atoms with Crippen molar-refractivity contribution >= 4 is 17.5 Å². The molecular weight excluding hydrogens is 338 g/mol. The van der Waals surface area contributed by atoms with Gasteiger partial charge in [0.2, 0.25) is 5.91 Å². The molecule has 1 amide bonds. The molecule has 2 aliphatic carbocycles. The van der Waals surface area contributed by atoms with Crippen molar-refractivity contribution in [3.63, 3.8) is 0 Å². The van der Waals surface area contributed by atoms with E-state index in [1.165, 1.54) is 12.0 Å². The molecule has 4 nitrogen and oxygen atoms in total. The summed E-state index contributed by atoms with van der Waals surface area (Å²) in [4.78, 5) is 14.5. The molecule has 1 aromatic rings. The Balaban J connectivity index is 1.36. The standard InChI is InChI=1S/C20H26ClNO3/c1-19(24)8-15(9-19)18(23)22-11-20(12-22)4-3-13(10-20)14-5-16(21)7-17(6-14)25-2/h5-7,13,15,24H,3-4,8-12H2,1-2H3/t13?,15-,19+. The van der Waals surface area contributed by atoms with Crippen molar-refractivity contribution in [1.29, 1.82) is 0 Å². The van der Waals surface area contributed by atoms with Crippen molar-refractivity contribution in [3.05, 3.63) is 28.8 Å². The lowest BCUT2D eigenvalue weighted by Crippen LogP contribution is -2.61. The van der Waals surface area contributed by atoms with Crippen molar-refractivity contribution in [3.8, 4) is 5.75 Å². The molecule has 1 atom stereocenters.